The lowest BCUT2D eigenvalue weighted by Gasteiger charge is -2.19. The summed E-state index contributed by atoms with van der Waals surface area (Å²) >= 11 is 0. The van der Waals surface area contributed by atoms with Gasteiger partial charge in [0.15, 0.2) is 5.78 Å². The first-order valence-electron chi connectivity index (χ1n) is 4.22. The van der Waals surface area contributed by atoms with E-state index in [1.54, 1.807) is 0 Å². The van der Waals surface area contributed by atoms with Gasteiger partial charge in [-0.3, -0.25) is 4.79 Å². The summed E-state index contributed by atoms with van der Waals surface area (Å²) in [6.07, 6.45) is -5.14. The van der Waals surface area contributed by atoms with E-state index in [0.29, 0.717) is 0 Å². The number of ketones is 1. The summed E-state index contributed by atoms with van der Waals surface area (Å²) in [4.78, 5) is 10.9. The predicted octanol–water partition coefficient (Wildman–Crippen LogP) is -1.96. The standard InChI is InChI=1S/C7H14O5/c1-2-4(9)6(11)7(12)5(10)3-8/h5-8,10-12H,2-3H2,1H3/t5-,6+,7+/m1/s1/i1D. The van der Waals surface area contributed by atoms with E-state index < -0.39 is 30.7 Å². The molecule has 5 heteroatoms. The number of Topliss-reactive ketones (excluding diaryl/α,β-unsaturated/α-hetero) is 1. The van der Waals surface area contributed by atoms with Crippen molar-refractivity contribution >= 4 is 5.78 Å². The third-order valence-corrected chi connectivity index (χ3v) is 1.48. The van der Waals surface area contributed by atoms with Crippen molar-refractivity contribution in [1.82, 2.24) is 0 Å². The Balaban J connectivity index is 4.07. The maximum absolute atomic E-state index is 10.9. The zero-order valence-electron chi connectivity index (χ0n) is 7.55. The fraction of sp³-hybridized carbons (Fsp3) is 0.857. The largest absolute Gasteiger partial charge is 0.394 e. The second kappa shape index (κ2) is 5.21. The minimum absolute atomic E-state index is 0.183. The highest BCUT2D eigenvalue weighted by molar-refractivity contribution is 5.83. The van der Waals surface area contributed by atoms with Crippen LogP contribution in [0.1, 0.15) is 14.7 Å². The first-order valence-corrected chi connectivity index (χ1v) is 3.51. The molecule has 0 saturated carbocycles. The van der Waals surface area contributed by atoms with E-state index in [1.807, 2.05) is 0 Å². The summed E-state index contributed by atoms with van der Waals surface area (Å²) < 4.78 is 6.69. The first-order chi connectivity index (χ1) is 6.04. The average molecular weight is 179 g/mol. The Kier molecular flexibility index (Phi) is 4.16. The van der Waals surface area contributed by atoms with Gasteiger partial charge in [0.2, 0.25) is 0 Å². The molecule has 0 rings (SSSR count). The molecule has 5 nitrogen and oxygen atoms in total. The summed E-state index contributed by atoms with van der Waals surface area (Å²) in [5.41, 5.74) is 0. The smallest absolute Gasteiger partial charge is 0.163 e. The van der Waals surface area contributed by atoms with Crippen LogP contribution in [0.4, 0.5) is 0 Å². The number of aliphatic hydroxyl groups excluding tert-OH is 4. The van der Waals surface area contributed by atoms with E-state index in [2.05, 4.69) is 0 Å². The molecule has 0 aliphatic carbocycles. The second-order valence-corrected chi connectivity index (χ2v) is 2.40. The van der Waals surface area contributed by atoms with Crippen molar-refractivity contribution in [2.24, 2.45) is 0 Å². The molecule has 0 heterocycles. The molecule has 0 amide bonds. The molecular weight excluding hydrogens is 164 g/mol. The van der Waals surface area contributed by atoms with Crippen LogP contribution in [0.5, 0.6) is 0 Å². The van der Waals surface area contributed by atoms with Crippen molar-refractivity contribution in [3.05, 3.63) is 0 Å². The van der Waals surface area contributed by atoms with Crippen molar-refractivity contribution in [3.63, 3.8) is 0 Å². The van der Waals surface area contributed by atoms with Crippen LogP contribution in [0.25, 0.3) is 0 Å². The molecular formula is C7H14O5. The van der Waals surface area contributed by atoms with Gasteiger partial charge >= 0.3 is 0 Å². The Morgan fingerprint density at radius 3 is 2.50 bits per heavy atom. The molecule has 4 N–H and O–H groups in total. The van der Waals surface area contributed by atoms with E-state index in [9.17, 15) is 4.79 Å². The first kappa shape index (κ1) is 9.60. The fourth-order valence-electron chi connectivity index (χ4n) is 0.657. The Hall–Kier alpha value is -0.490. The lowest BCUT2D eigenvalue weighted by molar-refractivity contribution is -0.139. The maximum atomic E-state index is 10.9. The fourth-order valence-corrected chi connectivity index (χ4v) is 0.657. The van der Waals surface area contributed by atoms with Crippen molar-refractivity contribution in [2.75, 3.05) is 6.61 Å². The van der Waals surface area contributed by atoms with Gasteiger partial charge in [0, 0.05) is 7.79 Å². The van der Waals surface area contributed by atoms with Crippen LogP contribution in [0.3, 0.4) is 0 Å². The van der Waals surface area contributed by atoms with E-state index in [-0.39, 0.29) is 13.3 Å². The van der Waals surface area contributed by atoms with Crippen LogP contribution in [0, 0.1) is 0 Å². The molecule has 0 spiro atoms. The molecule has 0 aromatic carbocycles. The van der Waals surface area contributed by atoms with Crippen molar-refractivity contribution < 1.29 is 26.6 Å². The Morgan fingerprint density at radius 2 is 2.08 bits per heavy atom. The third-order valence-electron chi connectivity index (χ3n) is 1.48. The van der Waals surface area contributed by atoms with Gasteiger partial charge in [-0.05, 0) is 0 Å². The van der Waals surface area contributed by atoms with Gasteiger partial charge < -0.3 is 20.4 Å². The van der Waals surface area contributed by atoms with Crippen LogP contribution >= 0.6 is 0 Å². The summed E-state index contributed by atoms with van der Waals surface area (Å²) in [6, 6.07) is 0. The zero-order valence-corrected chi connectivity index (χ0v) is 6.55. The second-order valence-electron chi connectivity index (χ2n) is 2.40. The minimum Gasteiger partial charge on any atom is -0.394 e. The van der Waals surface area contributed by atoms with Crippen LogP contribution in [-0.2, 0) is 4.79 Å². The van der Waals surface area contributed by atoms with E-state index in [0.717, 1.165) is 0 Å². The van der Waals surface area contributed by atoms with Crippen LogP contribution in [0.15, 0.2) is 0 Å². The number of rotatable bonds is 5. The summed E-state index contributed by atoms with van der Waals surface area (Å²) in [5, 5.41) is 35.4. The maximum Gasteiger partial charge on any atom is 0.163 e. The number of carbonyl (C=O) groups excluding carboxylic acids is 1. The normalized spacial score (nSPS) is 19.5. The Morgan fingerprint density at radius 1 is 1.50 bits per heavy atom. The molecule has 0 saturated heterocycles. The molecule has 0 unspecified atom stereocenters. The van der Waals surface area contributed by atoms with Gasteiger partial charge in [-0.15, -0.1) is 0 Å². The lowest BCUT2D eigenvalue weighted by atomic mass is 10.0. The molecule has 0 aromatic heterocycles. The van der Waals surface area contributed by atoms with E-state index >= 15 is 0 Å². The van der Waals surface area contributed by atoms with Gasteiger partial charge in [-0.25, -0.2) is 0 Å². The Bertz CT molecular complexity index is 163. The highest BCUT2D eigenvalue weighted by atomic mass is 16.4. The number of carbonyl (C=O) groups is 1. The summed E-state index contributed by atoms with van der Waals surface area (Å²) in [7, 11) is 0. The van der Waals surface area contributed by atoms with Crippen LogP contribution in [-0.4, -0.2) is 51.1 Å². The molecule has 12 heavy (non-hydrogen) atoms. The number of aliphatic hydroxyl groups is 4. The highest BCUT2D eigenvalue weighted by Crippen LogP contribution is 2.02. The highest BCUT2D eigenvalue weighted by Gasteiger charge is 2.28. The van der Waals surface area contributed by atoms with Gasteiger partial charge in [-0.1, -0.05) is 6.90 Å². The molecule has 0 radical (unpaired) electrons. The number of hydrogen-bond donors (Lipinski definition) is 4. The van der Waals surface area contributed by atoms with Crippen LogP contribution < -0.4 is 0 Å². The van der Waals surface area contributed by atoms with Gasteiger partial charge in [0.1, 0.15) is 18.3 Å². The molecule has 0 aromatic rings. The topological polar surface area (TPSA) is 98.0 Å². The summed E-state index contributed by atoms with van der Waals surface area (Å²) in [5.74, 6) is -0.713. The van der Waals surface area contributed by atoms with Gasteiger partial charge in [0.25, 0.3) is 0 Å². The molecule has 0 aliphatic heterocycles. The molecule has 72 valence electrons. The quantitative estimate of drug-likeness (QED) is 0.393. The number of hydrogen-bond acceptors (Lipinski definition) is 5. The van der Waals surface area contributed by atoms with Crippen molar-refractivity contribution in [3.8, 4) is 0 Å². The third kappa shape index (κ3) is 2.86. The zero-order chi connectivity index (χ0) is 10.4. The van der Waals surface area contributed by atoms with E-state index in [4.69, 9.17) is 21.8 Å². The Labute approximate surface area is 71.7 Å². The lowest BCUT2D eigenvalue weighted by Crippen LogP contribution is -2.43. The van der Waals surface area contributed by atoms with Crippen molar-refractivity contribution in [1.29, 1.82) is 0 Å². The SMILES string of the molecule is [2H]CCC(=O)[C@H](O)[C@@H](O)[C@H](O)CO. The molecule has 0 bridgehead atoms. The van der Waals surface area contributed by atoms with E-state index in [1.165, 1.54) is 0 Å². The van der Waals surface area contributed by atoms with Gasteiger partial charge in [-0.2, -0.15) is 0 Å². The summed E-state index contributed by atoms with van der Waals surface area (Å²) in [6.45, 7) is -0.912. The van der Waals surface area contributed by atoms with Crippen LogP contribution in [0.2, 0.25) is 0 Å². The molecule has 0 fully saturated rings. The minimum atomic E-state index is -1.73. The molecule has 3 atom stereocenters. The van der Waals surface area contributed by atoms with Gasteiger partial charge in [0.05, 0.1) is 6.61 Å². The average Bonchev–Trinajstić information content (AvgIpc) is 2.14. The predicted molar refractivity (Wildman–Crippen MR) is 40.4 cm³/mol. The molecule has 0 aliphatic rings. The monoisotopic (exact) mass is 179 g/mol. The van der Waals surface area contributed by atoms with Crippen molar-refractivity contribution in [2.45, 2.75) is 31.6 Å².